The molecule has 0 saturated heterocycles. The number of amides is 1. The van der Waals surface area contributed by atoms with Crippen molar-refractivity contribution in [2.24, 2.45) is 11.8 Å². The highest BCUT2D eigenvalue weighted by molar-refractivity contribution is 7.89. The minimum atomic E-state index is -3.97. The van der Waals surface area contributed by atoms with Crippen LogP contribution in [0.25, 0.3) is 0 Å². The molecule has 31 heavy (non-hydrogen) atoms. The Hall–Kier alpha value is -1.26. The van der Waals surface area contributed by atoms with E-state index in [1.807, 2.05) is 6.08 Å². The molecule has 0 spiro atoms. The van der Waals surface area contributed by atoms with E-state index < -0.39 is 27.8 Å². The van der Waals surface area contributed by atoms with Crippen LogP contribution in [0.15, 0.2) is 24.3 Å². The molecular weight excluding hydrogens is 422 g/mol. The molecule has 0 aromatic carbocycles. The molecule has 0 aliphatic heterocycles. The summed E-state index contributed by atoms with van der Waals surface area (Å²) >= 11 is 0. The van der Waals surface area contributed by atoms with Gasteiger partial charge in [-0.3, -0.25) is 4.79 Å². The largest absolute Gasteiger partial charge is 0.387 e. The van der Waals surface area contributed by atoms with Crippen molar-refractivity contribution in [3.63, 3.8) is 0 Å². The van der Waals surface area contributed by atoms with Gasteiger partial charge in [0.2, 0.25) is 10.0 Å². The molecule has 9 heteroatoms. The van der Waals surface area contributed by atoms with Crippen molar-refractivity contribution in [2.45, 2.75) is 83.2 Å². The van der Waals surface area contributed by atoms with E-state index in [1.165, 1.54) is 4.72 Å². The van der Waals surface area contributed by atoms with Gasteiger partial charge >= 0.3 is 0 Å². The number of aliphatic hydroxyl groups is 3. The molecule has 1 aliphatic carbocycles. The third-order valence-electron chi connectivity index (χ3n) is 5.45. The lowest BCUT2D eigenvalue weighted by molar-refractivity contribution is -0.219. The number of carbonyl (C=O) groups excluding carboxylic acids is 1. The predicted molar refractivity (Wildman–Crippen MR) is 119 cm³/mol. The Morgan fingerprint density at radius 3 is 2.52 bits per heavy atom. The van der Waals surface area contributed by atoms with Gasteiger partial charge in [-0.25, -0.2) is 13.1 Å². The fourth-order valence-corrected chi connectivity index (χ4v) is 4.12. The van der Waals surface area contributed by atoms with Crippen molar-refractivity contribution < 1.29 is 33.3 Å². The van der Waals surface area contributed by atoms with E-state index in [-0.39, 0.29) is 12.0 Å². The first kappa shape index (κ1) is 27.8. The maximum Gasteiger partial charge on any atom is 0.296 e. The van der Waals surface area contributed by atoms with Crippen LogP contribution in [0, 0.1) is 11.8 Å². The summed E-state index contributed by atoms with van der Waals surface area (Å²) in [4.78, 5) is 11.6. The molecule has 4 N–H and O–H groups in total. The van der Waals surface area contributed by atoms with E-state index in [0.717, 1.165) is 45.1 Å². The fraction of sp³-hybridized carbons (Fsp3) is 0.773. The summed E-state index contributed by atoms with van der Waals surface area (Å²) in [5.41, 5.74) is -0.179. The summed E-state index contributed by atoms with van der Waals surface area (Å²) in [6, 6.07) is 0. The van der Waals surface area contributed by atoms with Gasteiger partial charge in [-0.2, -0.15) is 0 Å². The highest BCUT2D eigenvalue weighted by Crippen LogP contribution is 2.35. The summed E-state index contributed by atoms with van der Waals surface area (Å²) in [6.07, 6.45) is 12.5. The van der Waals surface area contributed by atoms with E-state index in [4.69, 9.17) is 4.74 Å². The Kier molecular flexibility index (Phi) is 10.8. The molecule has 1 fully saturated rings. The maximum absolute atomic E-state index is 11.6. The van der Waals surface area contributed by atoms with Crippen LogP contribution in [0.1, 0.15) is 65.7 Å². The van der Waals surface area contributed by atoms with Crippen LogP contribution in [-0.4, -0.2) is 60.0 Å². The zero-order valence-electron chi connectivity index (χ0n) is 19.1. The SMILES string of the molecule is CCCOC(C)(C)C/C=C/[C@H]1CCC[C@@H]1C/C=C\CC(O)C(O)(O)C(=O)NS(C)(=O)=O. The summed E-state index contributed by atoms with van der Waals surface area (Å²) in [7, 11) is -3.97. The molecule has 1 unspecified atom stereocenters. The minimum absolute atomic E-state index is 0.179. The Bertz CT molecular complexity index is 728. The molecule has 0 aromatic heterocycles. The Balaban J connectivity index is 2.52. The summed E-state index contributed by atoms with van der Waals surface area (Å²) in [5, 5.41) is 29.4. The second kappa shape index (κ2) is 12.1. The average Bonchev–Trinajstić information content (AvgIpc) is 3.09. The number of hydrogen-bond acceptors (Lipinski definition) is 7. The van der Waals surface area contributed by atoms with Crippen molar-refractivity contribution >= 4 is 15.9 Å². The van der Waals surface area contributed by atoms with Gasteiger partial charge in [-0.15, -0.1) is 0 Å². The highest BCUT2D eigenvalue weighted by Gasteiger charge is 2.42. The van der Waals surface area contributed by atoms with Crippen LogP contribution in [0.3, 0.4) is 0 Å². The molecule has 3 atom stereocenters. The second-order valence-electron chi connectivity index (χ2n) is 8.98. The van der Waals surface area contributed by atoms with E-state index >= 15 is 0 Å². The summed E-state index contributed by atoms with van der Waals surface area (Å²) < 4.78 is 29.4. The number of hydrogen-bond donors (Lipinski definition) is 4. The van der Waals surface area contributed by atoms with Crippen LogP contribution >= 0.6 is 0 Å². The third kappa shape index (κ3) is 10.3. The first-order valence-electron chi connectivity index (χ1n) is 10.9. The van der Waals surface area contributed by atoms with Crippen molar-refractivity contribution in [3.05, 3.63) is 24.3 Å². The number of allylic oxidation sites excluding steroid dienone is 2. The lowest BCUT2D eigenvalue weighted by atomic mass is 9.91. The van der Waals surface area contributed by atoms with Gasteiger partial charge in [0.05, 0.1) is 11.9 Å². The average molecular weight is 462 g/mol. The lowest BCUT2D eigenvalue weighted by Gasteiger charge is -2.24. The Morgan fingerprint density at radius 2 is 1.90 bits per heavy atom. The maximum atomic E-state index is 11.6. The first-order chi connectivity index (χ1) is 14.3. The van der Waals surface area contributed by atoms with Crippen LogP contribution in [0.4, 0.5) is 0 Å². The van der Waals surface area contributed by atoms with E-state index in [1.54, 1.807) is 6.08 Å². The van der Waals surface area contributed by atoms with Crippen LogP contribution < -0.4 is 4.72 Å². The zero-order chi connectivity index (χ0) is 23.7. The van der Waals surface area contributed by atoms with Crippen molar-refractivity contribution in [2.75, 3.05) is 12.9 Å². The molecule has 1 rings (SSSR count). The molecule has 0 bridgehead atoms. The fourth-order valence-electron chi connectivity index (χ4n) is 3.63. The molecule has 1 amide bonds. The number of aliphatic hydroxyl groups excluding tert-OH is 1. The molecule has 0 radical (unpaired) electrons. The molecule has 1 aliphatic rings. The van der Waals surface area contributed by atoms with Crippen molar-refractivity contribution in [1.29, 1.82) is 0 Å². The first-order valence-corrected chi connectivity index (χ1v) is 12.8. The van der Waals surface area contributed by atoms with Crippen molar-refractivity contribution in [3.8, 4) is 0 Å². The quantitative estimate of drug-likeness (QED) is 0.243. The summed E-state index contributed by atoms with van der Waals surface area (Å²) in [6.45, 7) is 7.02. The number of sulfonamides is 1. The lowest BCUT2D eigenvalue weighted by Crippen LogP contribution is -2.55. The van der Waals surface area contributed by atoms with Gasteiger partial charge in [-0.1, -0.05) is 37.6 Å². The molecule has 1 saturated carbocycles. The number of rotatable bonds is 13. The van der Waals surface area contributed by atoms with Crippen LogP contribution in [-0.2, 0) is 19.6 Å². The smallest absolute Gasteiger partial charge is 0.296 e. The normalized spacial score (nSPS) is 21.8. The molecular formula is C22H39NO7S. The van der Waals surface area contributed by atoms with E-state index in [9.17, 15) is 28.5 Å². The second-order valence-corrected chi connectivity index (χ2v) is 10.7. The monoisotopic (exact) mass is 461 g/mol. The number of ether oxygens (including phenoxy) is 1. The standard InChI is InChI=1S/C22H39NO7S/c1-5-16-30-21(2,3)15-9-13-18-12-8-11-17(18)10-6-7-14-19(24)22(26,27)20(25)23-31(4,28)29/h6-7,9,13,17-19,24,26-27H,5,8,10-12,14-16H2,1-4H3,(H,23,25)/b7-6-,13-9+/t17-,18+,19?/m0/s1. The van der Waals surface area contributed by atoms with Gasteiger partial charge in [0, 0.05) is 6.61 Å². The van der Waals surface area contributed by atoms with Gasteiger partial charge in [0.1, 0.15) is 6.10 Å². The van der Waals surface area contributed by atoms with Crippen LogP contribution in [0.5, 0.6) is 0 Å². The highest BCUT2D eigenvalue weighted by atomic mass is 32.2. The molecule has 180 valence electrons. The van der Waals surface area contributed by atoms with Crippen LogP contribution in [0.2, 0.25) is 0 Å². The zero-order valence-corrected chi connectivity index (χ0v) is 19.9. The topological polar surface area (TPSA) is 133 Å². The van der Waals surface area contributed by atoms with Gasteiger partial charge < -0.3 is 20.1 Å². The number of nitrogens with one attached hydrogen (secondary N) is 1. The van der Waals surface area contributed by atoms with E-state index in [2.05, 4.69) is 32.9 Å². The van der Waals surface area contributed by atoms with E-state index in [0.29, 0.717) is 18.1 Å². The van der Waals surface area contributed by atoms with Gasteiger partial charge in [-0.05, 0) is 64.2 Å². The van der Waals surface area contributed by atoms with Gasteiger partial charge in [0.15, 0.2) is 0 Å². The Labute approximate surface area is 186 Å². The molecule has 0 aromatic rings. The third-order valence-corrected chi connectivity index (χ3v) is 6.01. The molecule has 8 nitrogen and oxygen atoms in total. The predicted octanol–water partition coefficient (Wildman–Crippen LogP) is 2.01. The van der Waals surface area contributed by atoms with Crippen molar-refractivity contribution in [1.82, 2.24) is 4.72 Å². The minimum Gasteiger partial charge on any atom is -0.387 e. The summed E-state index contributed by atoms with van der Waals surface area (Å²) in [5.74, 6) is -3.85. The molecule has 0 heterocycles. The number of carbonyl (C=O) groups is 1. The van der Waals surface area contributed by atoms with Gasteiger partial charge in [0.25, 0.3) is 11.7 Å². The Morgan fingerprint density at radius 1 is 1.23 bits per heavy atom.